The van der Waals surface area contributed by atoms with Gasteiger partial charge in [0, 0.05) is 6.92 Å². The van der Waals surface area contributed by atoms with Gasteiger partial charge < -0.3 is 9.84 Å². The van der Waals surface area contributed by atoms with Crippen molar-refractivity contribution in [1.29, 1.82) is 0 Å². The van der Waals surface area contributed by atoms with Gasteiger partial charge >= 0.3 is 17.9 Å². The first-order chi connectivity index (χ1) is 7.46. The minimum Gasteiger partial charge on any atom is -0.481 e. The van der Waals surface area contributed by atoms with Crippen LogP contribution in [0.3, 0.4) is 0 Å². The van der Waals surface area contributed by atoms with Crippen molar-refractivity contribution in [1.82, 2.24) is 0 Å². The molecule has 16 heavy (non-hydrogen) atoms. The van der Waals surface area contributed by atoms with Crippen LogP contribution in [0.15, 0.2) is 12.2 Å². The number of carbonyl (C=O) groups excluding carboxylic acids is 2. The van der Waals surface area contributed by atoms with Gasteiger partial charge in [-0.15, -0.1) is 0 Å². The number of allylic oxidation sites excluding steroid dienone is 2. The molecule has 0 heterocycles. The molecule has 88 valence electrons. The van der Waals surface area contributed by atoms with Gasteiger partial charge in [0.1, 0.15) is 0 Å². The number of rotatable bonds is 3. The summed E-state index contributed by atoms with van der Waals surface area (Å²) in [6, 6.07) is 0. The summed E-state index contributed by atoms with van der Waals surface area (Å²) in [5.74, 6) is -2.50. The summed E-state index contributed by atoms with van der Waals surface area (Å²) in [5, 5.41) is 9.15. The number of esters is 2. The molecule has 0 saturated heterocycles. The van der Waals surface area contributed by atoms with E-state index in [2.05, 4.69) is 4.74 Å². The quantitative estimate of drug-likeness (QED) is 0.445. The van der Waals surface area contributed by atoms with E-state index in [0.29, 0.717) is 19.3 Å². The topological polar surface area (TPSA) is 80.7 Å². The van der Waals surface area contributed by atoms with Crippen molar-refractivity contribution >= 4 is 17.9 Å². The molecule has 0 aromatic heterocycles. The van der Waals surface area contributed by atoms with Crippen molar-refractivity contribution in [3.63, 3.8) is 0 Å². The van der Waals surface area contributed by atoms with Crippen molar-refractivity contribution < 1.29 is 24.2 Å². The summed E-state index contributed by atoms with van der Waals surface area (Å²) in [6.07, 6.45) is 4.70. The smallest absolute Gasteiger partial charge is 0.314 e. The Morgan fingerprint density at radius 3 is 2.50 bits per heavy atom. The SMILES string of the molecule is CC(=O)OC(=O)CC1(C(=O)O)CC=CCC1. The predicted octanol–water partition coefficient (Wildman–Crippen LogP) is 1.28. The fourth-order valence-electron chi connectivity index (χ4n) is 1.79. The van der Waals surface area contributed by atoms with Crippen LogP contribution in [0.5, 0.6) is 0 Å². The second kappa shape index (κ2) is 4.92. The highest BCUT2D eigenvalue weighted by molar-refractivity contribution is 5.88. The third-order valence-electron chi connectivity index (χ3n) is 2.66. The molecule has 5 nitrogen and oxygen atoms in total. The van der Waals surface area contributed by atoms with Gasteiger partial charge in [-0.05, 0) is 19.3 Å². The Kier molecular flexibility index (Phi) is 3.82. The summed E-state index contributed by atoms with van der Waals surface area (Å²) in [6.45, 7) is 1.12. The molecule has 0 radical (unpaired) electrons. The van der Waals surface area contributed by atoms with Crippen LogP contribution >= 0.6 is 0 Å². The van der Waals surface area contributed by atoms with Crippen LogP contribution in [0.25, 0.3) is 0 Å². The Morgan fingerprint density at radius 2 is 2.06 bits per heavy atom. The predicted molar refractivity (Wildman–Crippen MR) is 54.4 cm³/mol. The summed E-state index contributed by atoms with van der Waals surface area (Å²) < 4.78 is 4.36. The number of carboxylic acids is 1. The Bertz CT molecular complexity index is 344. The normalized spacial score (nSPS) is 23.8. The van der Waals surface area contributed by atoms with Crippen LogP contribution in [0.2, 0.25) is 0 Å². The lowest BCUT2D eigenvalue weighted by atomic mass is 9.74. The minimum absolute atomic E-state index is 0.258. The van der Waals surface area contributed by atoms with E-state index in [4.69, 9.17) is 5.11 Å². The van der Waals surface area contributed by atoms with E-state index in [1.807, 2.05) is 6.08 Å². The maximum atomic E-state index is 11.3. The molecule has 0 amide bonds. The first-order valence-electron chi connectivity index (χ1n) is 5.06. The highest BCUT2D eigenvalue weighted by Crippen LogP contribution is 2.36. The molecule has 0 aromatic carbocycles. The molecule has 0 saturated carbocycles. The zero-order valence-corrected chi connectivity index (χ0v) is 9.06. The zero-order chi connectivity index (χ0) is 12.2. The van der Waals surface area contributed by atoms with Gasteiger partial charge in [-0.3, -0.25) is 14.4 Å². The number of carbonyl (C=O) groups is 3. The number of carboxylic acid groups (broad SMARTS) is 1. The van der Waals surface area contributed by atoms with E-state index in [0.717, 1.165) is 6.92 Å². The Labute approximate surface area is 93.1 Å². The second-order valence-corrected chi connectivity index (χ2v) is 3.94. The van der Waals surface area contributed by atoms with E-state index >= 15 is 0 Å². The molecule has 5 heteroatoms. The van der Waals surface area contributed by atoms with Gasteiger partial charge in [0.2, 0.25) is 0 Å². The Hall–Kier alpha value is -1.65. The molecule has 0 bridgehead atoms. The molecule has 0 spiro atoms. The van der Waals surface area contributed by atoms with E-state index < -0.39 is 23.3 Å². The maximum absolute atomic E-state index is 11.3. The van der Waals surface area contributed by atoms with Crippen molar-refractivity contribution in [2.75, 3.05) is 0 Å². The van der Waals surface area contributed by atoms with Crippen LogP contribution in [0.4, 0.5) is 0 Å². The van der Waals surface area contributed by atoms with Gasteiger partial charge in [-0.1, -0.05) is 12.2 Å². The van der Waals surface area contributed by atoms with Crippen molar-refractivity contribution in [2.45, 2.75) is 32.6 Å². The van der Waals surface area contributed by atoms with Crippen LogP contribution in [-0.2, 0) is 19.1 Å². The maximum Gasteiger partial charge on any atom is 0.314 e. The summed E-state index contributed by atoms with van der Waals surface area (Å²) in [7, 11) is 0. The average molecular weight is 226 g/mol. The van der Waals surface area contributed by atoms with Crippen molar-refractivity contribution in [3.05, 3.63) is 12.2 Å². The monoisotopic (exact) mass is 226 g/mol. The van der Waals surface area contributed by atoms with Crippen LogP contribution in [-0.4, -0.2) is 23.0 Å². The van der Waals surface area contributed by atoms with Crippen LogP contribution in [0, 0.1) is 5.41 Å². The second-order valence-electron chi connectivity index (χ2n) is 3.94. The Morgan fingerprint density at radius 1 is 1.38 bits per heavy atom. The third-order valence-corrected chi connectivity index (χ3v) is 2.66. The molecule has 1 aliphatic rings. The molecule has 1 N–H and O–H groups in total. The molecule has 1 unspecified atom stereocenters. The first kappa shape index (κ1) is 12.4. The minimum atomic E-state index is -1.11. The van der Waals surface area contributed by atoms with E-state index in [-0.39, 0.29) is 6.42 Å². The highest BCUT2D eigenvalue weighted by atomic mass is 16.6. The molecular weight excluding hydrogens is 212 g/mol. The average Bonchev–Trinajstić information content (AvgIpc) is 2.17. The van der Waals surface area contributed by atoms with Crippen molar-refractivity contribution in [3.8, 4) is 0 Å². The molecule has 0 aromatic rings. The summed E-state index contributed by atoms with van der Waals surface area (Å²) in [4.78, 5) is 33.0. The fourth-order valence-corrected chi connectivity index (χ4v) is 1.79. The number of ether oxygens (including phenoxy) is 1. The van der Waals surface area contributed by atoms with Crippen LogP contribution in [0.1, 0.15) is 32.6 Å². The Balaban J connectivity index is 2.72. The van der Waals surface area contributed by atoms with Gasteiger partial charge in [0.05, 0.1) is 11.8 Å². The third kappa shape index (κ3) is 2.92. The molecule has 1 aliphatic carbocycles. The summed E-state index contributed by atoms with van der Waals surface area (Å²) in [5.41, 5.74) is -1.11. The lowest BCUT2D eigenvalue weighted by Crippen LogP contribution is -2.35. The van der Waals surface area contributed by atoms with E-state index in [1.165, 1.54) is 0 Å². The lowest BCUT2D eigenvalue weighted by molar-refractivity contribution is -0.165. The van der Waals surface area contributed by atoms with Gasteiger partial charge in [0.15, 0.2) is 0 Å². The molecule has 1 atom stereocenters. The number of aliphatic carboxylic acids is 1. The van der Waals surface area contributed by atoms with Gasteiger partial charge in [0.25, 0.3) is 0 Å². The van der Waals surface area contributed by atoms with E-state index in [1.54, 1.807) is 6.08 Å². The number of hydrogen-bond donors (Lipinski definition) is 1. The molecule has 1 rings (SSSR count). The fraction of sp³-hybridized carbons (Fsp3) is 0.545. The zero-order valence-electron chi connectivity index (χ0n) is 9.06. The van der Waals surface area contributed by atoms with Gasteiger partial charge in [-0.25, -0.2) is 0 Å². The first-order valence-corrected chi connectivity index (χ1v) is 5.06. The van der Waals surface area contributed by atoms with E-state index in [9.17, 15) is 14.4 Å². The standard InChI is InChI=1S/C11H14O5/c1-8(12)16-9(13)7-11(10(14)15)5-3-2-4-6-11/h2-3H,4-7H2,1H3,(H,14,15). The largest absolute Gasteiger partial charge is 0.481 e. The molecule has 0 fully saturated rings. The lowest BCUT2D eigenvalue weighted by Gasteiger charge is -2.29. The van der Waals surface area contributed by atoms with Gasteiger partial charge in [-0.2, -0.15) is 0 Å². The summed E-state index contributed by atoms with van der Waals surface area (Å²) >= 11 is 0. The molecule has 0 aliphatic heterocycles. The molecular formula is C11H14O5. The highest BCUT2D eigenvalue weighted by Gasteiger charge is 2.41. The van der Waals surface area contributed by atoms with Crippen LogP contribution < -0.4 is 0 Å². The number of hydrogen-bond acceptors (Lipinski definition) is 4. The van der Waals surface area contributed by atoms with Crippen molar-refractivity contribution in [2.24, 2.45) is 5.41 Å².